The van der Waals surface area contributed by atoms with Gasteiger partial charge in [-0.15, -0.1) is 5.12 Å². The van der Waals surface area contributed by atoms with Crippen molar-refractivity contribution in [1.82, 2.24) is 4.57 Å². The number of rotatable bonds is 4. The molecule has 0 fully saturated rings. The van der Waals surface area contributed by atoms with E-state index >= 15 is 0 Å². The summed E-state index contributed by atoms with van der Waals surface area (Å²) >= 11 is 0. The number of anilines is 1. The van der Waals surface area contributed by atoms with Crippen molar-refractivity contribution >= 4 is 28.5 Å². The molecule has 1 amide bonds. The molecule has 0 saturated heterocycles. The maximum Gasteiger partial charge on any atom is 0.323 e. The molecule has 5 nitrogen and oxygen atoms in total. The molecule has 1 aromatic heterocycles. The van der Waals surface area contributed by atoms with Gasteiger partial charge in [0.05, 0.1) is 5.69 Å². The van der Waals surface area contributed by atoms with Crippen molar-refractivity contribution in [3.05, 3.63) is 65.9 Å². The summed E-state index contributed by atoms with van der Waals surface area (Å²) < 4.78 is 16.4. The third-order valence-electron chi connectivity index (χ3n) is 5.19. The number of aliphatic carboxylic acids is 1. The maximum atomic E-state index is 14.6. The number of carbonyl (C=O) groups excluding carboxylic acids is 1. The zero-order chi connectivity index (χ0) is 19.0. The van der Waals surface area contributed by atoms with Crippen LogP contribution in [0.4, 0.5) is 10.2 Å². The van der Waals surface area contributed by atoms with E-state index in [-0.39, 0.29) is 17.4 Å². The Kier molecular flexibility index (Phi) is 4.39. The molecule has 1 unspecified atom stereocenters. The summed E-state index contributed by atoms with van der Waals surface area (Å²) in [5.74, 6) is -1.93. The second-order valence-corrected chi connectivity index (χ2v) is 6.82. The Morgan fingerprint density at radius 2 is 1.81 bits per heavy atom. The summed E-state index contributed by atoms with van der Waals surface area (Å²) in [7, 11) is 0. The topological polar surface area (TPSA) is 62.5 Å². The molecule has 2 aromatic carbocycles. The second kappa shape index (κ2) is 6.87. The van der Waals surface area contributed by atoms with Gasteiger partial charge in [0.25, 0.3) is 5.91 Å². The van der Waals surface area contributed by atoms with Crippen LogP contribution in [0.1, 0.15) is 17.7 Å². The summed E-state index contributed by atoms with van der Waals surface area (Å²) in [5, 5.41) is 10.4. The summed E-state index contributed by atoms with van der Waals surface area (Å²) in [6.07, 6.45) is 1.46. The van der Waals surface area contributed by atoms with E-state index in [4.69, 9.17) is 0 Å². The number of para-hydroxylation sites is 2. The number of carboxylic acid groups (broad SMARTS) is 1. The maximum absolute atomic E-state index is 14.6. The Balaban J connectivity index is 1.67. The zero-order valence-electron chi connectivity index (χ0n) is 14.6. The monoisotopic (exact) mass is 366 g/mol. The van der Waals surface area contributed by atoms with Gasteiger partial charge >= 0.3 is 5.97 Å². The van der Waals surface area contributed by atoms with Crippen molar-refractivity contribution in [1.29, 1.82) is 0 Å². The summed E-state index contributed by atoms with van der Waals surface area (Å²) in [6, 6.07) is 15.9. The fourth-order valence-corrected chi connectivity index (χ4v) is 3.97. The Hall–Kier alpha value is -3.15. The number of carbonyl (C=O) groups is 2. The molecular formula is C21H19FN2O3. The Bertz CT molecular complexity index is 1010. The van der Waals surface area contributed by atoms with Gasteiger partial charge in [-0.1, -0.05) is 40.9 Å². The van der Waals surface area contributed by atoms with Crippen LogP contribution in [0.25, 0.3) is 10.9 Å². The van der Waals surface area contributed by atoms with E-state index in [1.165, 1.54) is 0 Å². The van der Waals surface area contributed by atoms with Crippen LogP contribution in [-0.4, -0.2) is 21.6 Å². The smallest absolute Gasteiger partial charge is 0.323 e. The molecule has 1 N–H and O–H groups in total. The van der Waals surface area contributed by atoms with Crippen LogP contribution < -0.4 is 5.12 Å². The highest BCUT2D eigenvalue weighted by molar-refractivity contribution is 5.94. The quantitative estimate of drug-likeness (QED) is 0.716. The minimum absolute atomic E-state index is 0.117. The van der Waals surface area contributed by atoms with Gasteiger partial charge in [0, 0.05) is 22.5 Å². The molecule has 1 aliphatic carbocycles. The van der Waals surface area contributed by atoms with Crippen molar-refractivity contribution in [2.24, 2.45) is 5.92 Å². The van der Waals surface area contributed by atoms with Crippen LogP contribution in [0.5, 0.6) is 0 Å². The van der Waals surface area contributed by atoms with Crippen LogP contribution >= 0.6 is 0 Å². The van der Waals surface area contributed by atoms with Gasteiger partial charge in [-0.3, -0.25) is 9.59 Å². The fourth-order valence-electron chi connectivity index (χ4n) is 3.97. The molecular weight excluding hydrogens is 347 g/mol. The van der Waals surface area contributed by atoms with Crippen LogP contribution in [0.2, 0.25) is 0 Å². The number of carboxylic acids is 1. The van der Waals surface area contributed by atoms with Crippen molar-refractivity contribution in [3.63, 3.8) is 0 Å². The SMILES string of the molecule is O=C(O)Cn1c2c(c3ccccc31)CC(C(=O)N(F)c1ccccc1)CC2. The molecule has 3 aromatic rings. The molecule has 1 aliphatic rings. The minimum atomic E-state index is -0.907. The molecule has 0 bridgehead atoms. The summed E-state index contributed by atoms with van der Waals surface area (Å²) in [4.78, 5) is 24.0. The Morgan fingerprint density at radius 1 is 1.11 bits per heavy atom. The first kappa shape index (κ1) is 17.3. The van der Waals surface area contributed by atoms with Gasteiger partial charge in [-0.05, 0) is 43.0 Å². The van der Waals surface area contributed by atoms with Crippen LogP contribution in [0.15, 0.2) is 54.6 Å². The lowest BCUT2D eigenvalue weighted by atomic mass is 9.85. The van der Waals surface area contributed by atoms with E-state index in [0.717, 1.165) is 22.2 Å². The molecule has 0 spiro atoms. The normalized spacial score (nSPS) is 16.1. The lowest BCUT2D eigenvalue weighted by Crippen LogP contribution is -2.33. The number of amides is 1. The van der Waals surface area contributed by atoms with E-state index in [1.807, 2.05) is 24.3 Å². The third-order valence-corrected chi connectivity index (χ3v) is 5.19. The van der Waals surface area contributed by atoms with Gasteiger partial charge in [-0.2, -0.15) is 0 Å². The summed E-state index contributed by atoms with van der Waals surface area (Å²) in [5.41, 5.74) is 2.96. The van der Waals surface area contributed by atoms with Crippen molar-refractivity contribution in [2.75, 3.05) is 5.12 Å². The number of hydrogen-bond donors (Lipinski definition) is 1. The van der Waals surface area contributed by atoms with Crippen LogP contribution in [-0.2, 0) is 29.0 Å². The van der Waals surface area contributed by atoms with E-state index in [0.29, 0.717) is 19.3 Å². The van der Waals surface area contributed by atoms with Gasteiger partial charge < -0.3 is 9.67 Å². The number of benzene rings is 2. The summed E-state index contributed by atoms with van der Waals surface area (Å²) in [6.45, 7) is -0.117. The average molecular weight is 366 g/mol. The first-order valence-corrected chi connectivity index (χ1v) is 8.92. The van der Waals surface area contributed by atoms with Gasteiger partial charge in [0.2, 0.25) is 0 Å². The minimum Gasteiger partial charge on any atom is -0.480 e. The number of halogens is 1. The molecule has 0 aliphatic heterocycles. The number of nitrogens with zero attached hydrogens (tertiary/aromatic N) is 2. The number of aromatic nitrogens is 1. The second-order valence-electron chi connectivity index (χ2n) is 6.82. The molecule has 6 heteroatoms. The zero-order valence-corrected chi connectivity index (χ0v) is 14.6. The molecule has 138 valence electrons. The van der Waals surface area contributed by atoms with Crippen molar-refractivity contribution < 1.29 is 19.2 Å². The van der Waals surface area contributed by atoms with Gasteiger partial charge in [0.15, 0.2) is 0 Å². The molecule has 27 heavy (non-hydrogen) atoms. The Morgan fingerprint density at radius 3 is 2.56 bits per heavy atom. The highest BCUT2D eigenvalue weighted by Gasteiger charge is 2.32. The molecule has 1 atom stereocenters. The van der Waals surface area contributed by atoms with Gasteiger partial charge in [-0.25, -0.2) is 0 Å². The van der Waals surface area contributed by atoms with Crippen LogP contribution in [0.3, 0.4) is 0 Å². The van der Waals surface area contributed by atoms with E-state index in [1.54, 1.807) is 34.9 Å². The molecule has 0 saturated carbocycles. The van der Waals surface area contributed by atoms with Crippen molar-refractivity contribution in [3.8, 4) is 0 Å². The molecule has 1 heterocycles. The third kappa shape index (κ3) is 3.07. The van der Waals surface area contributed by atoms with Crippen LogP contribution in [0, 0.1) is 5.92 Å². The van der Waals surface area contributed by atoms with E-state index in [2.05, 4.69) is 0 Å². The highest BCUT2D eigenvalue weighted by atomic mass is 19.2. The number of hydrogen-bond acceptors (Lipinski definition) is 2. The molecule has 4 rings (SSSR count). The molecule has 0 radical (unpaired) electrons. The van der Waals surface area contributed by atoms with Crippen molar-refractivity contribution in [2.45, 2.75) is 25.8 Å². The van der Waals surface area contributed by atoms with Gasteiger partial charge in [0.1, 0.15) is 6.54 Å². The fraction of sp³-hybridized carbons (Fsp3) is 0.238. The van der Waals surface area contributed by atoms with E-state index in [9.17, 15) is 19.2 Å². The van der Waals surface area contributed by atoms with E-state index < -0.39 is 17.8 Å². The Labute approximate surface area is 155 Å². The first-order valence-electron chi connectivity index (χ1n) is 8.92. The predicted octanol–water partition coefficient (Wildman–Crippen LogP) is 3.75. The number of fused-ring (bicyclic) bond motifs is 3. The lowest BCUT2D eigenvalue weighted by molar-refractivity contribution is -0.137. The average Bonchev–Trinajstić information content (AvgIpc) is 3.00. The standard InChI is InChI=1S/C21H19FN2O3/c22-24(15-6-2-1-3-7-15)21(27)14-10-11-19-17(12-14)16-8-4-5-9-18(16)23(19)13-20(25)26/h1-9,14H,10-13H2,(H,25,26). The predicted molar refractivity (Wildman–Crippen MR) is 100 cm³/mol. The highest BCUT2D eigenvalue weighted by Crippen LogP contribution is 2.35. The largest absolute Gasteiger partial charge is 0.480 e. The first-order chi connectivity index (χ1) is 13.1. The lowest BCUT2D eigenvalue weighted by Gasteiger charge is -2.25.